The van der Waals surface area contributed by atoms with Gasteiger partial charge >= 0.3 is 6.03 Å². The van der Waals surface area contributed by atoms with E-state index in [1.54, 1.807) is 0 Å². The minimum atomic E-state index is -0.199. The van der Waals surface area contributed by atoms with Gasteiger partial charge in [-0.3, -0.25) is 0 Å². The summed E-state index contributed by atoms with van der Waals surface area (Å²) in [5.74, 6) is 1.75. The molecule has 5 nitrogen and oxygen atoms in total. The summed E-state index contributed by atoms with van der Waals surface area (Å²) in [5.41, 5.74) is 2.21. The van der Waals surface area contributed by atoms with E-state index in [1.165, 1.54) is 5.56 Å². The molecule has 5 heteroatoms. The Kier molecular flexibility index (Phi) is 3.54. The van der Waals surface area contributed by atoms with Crippen molar-refractivity contribution in [3.63, 3.8) is 0 Å². The highest BCUT2D eigenvalue weighted by Crippen LogP contribution is 2.31. The summed E-state index contributed by atoms with van der Waals surface area (Å²) in [5, 5.41) is 5.84. The Morgan fingerprint density at radius 2 is 1.87 bits per heavy atom. The first-order chi connectivity index (χ1) is 11.3. The van der Waals surface area contributed by atoms with E-state index in [9.17, 15) is 4.79 Å². The normalized spacial score (nSPS) is 20.9. The SMILES string of the molecule is O=C(NC[C@@H]1Cc2ccccc2O1)N[C@H]1COc2ccccc21. The lowest BCUT2D eigenvalue weighted by Gasteiger charge is -2.15. The van der Waals surface area contributed by atoms with Gasteiger partial charge in [-0.2, -0.15) is 0 Å². The summed E-state index contributed by atoms with van der Waals surface area (Å²) in [6, 6.07) is 15.4. The molecule has 0 fully saturated rings. The van der Waals surface area contributed by atoms with Gasteiger partial charge in [-0.1, -0.05) is 36.4 Å². The van der Waals surface area contributed by atoms with Gasteiger partial charge in [0.15, 0.2) is 0 Å². The smallest absolute Gasteiger partial charge is 0.315 e. The van der Waals surface area contributed by atoms with E-state index in [-0.39, 0.29) is 18.2 Å². The lowest BCUT2D eigenvalue weighted by atomic mass is 10.1. The molecule has 0 spiro atoms. The number of ether oxygens (including phenoxy) is 2. The van der Waals surface area contributed by atoms with Crippen LogP contribution in [0.15, 0.2) is 48.5 Å². The minimum Gasteiger partial charge on any atom is -0.491 e. The van der Waals surface area contributed by atoms with Gasteiger partial charge in [-0.05, 0) is 17.7 Å². The zero-order chi connectivity index (χ0) is 15.6. The monoisotopic (exact) mass is 310 g/mol. The molecule has 0 saturated heterocycles. The van der Waals surface area contributed by atoms with Gasteiger partial charge in [0.1, 0.15) is 24.2 Å². The van der Waals surface area contributed by atoms with Gasteiger partial charge in [0, 0.05) is 12.0 Å². The zero-order valence-electron chi connectivity index (χ0n) is 12.6. The van der Waals surface area contributed by atoms with E-state index in [2.05, 4.69) is 16.7 Å². The first-order valence-corrected chi connectivity index (χ1v) is 7.80. The quantitative estimate of drug-likeness (QED) is 0.915. The zero-order valence-corrected chi connectivity index (χ0v) is 12.6. The molecular weight excluding hydrogens is 292 g/mol. The van der Waals surface area contributed by atoms with Crippen LogP contribution in [0.25, 0.3) is 0 Å². The molecule has 23 heavy (non-hydrogen) atoms. The average molecular weight is 310 g/mol. The third-order valence-corrected chi connectivity index (χ3v) is 4.21. The molecule has 118 valence electrons. The Morgan fingerprint density at radius 1 is 1.09 bits per heavy atom. The number of amides is 2. The standard InChI is InChI=1S/C18H18N2O3/c21-18(20-15-11-22-17-8-4-2-6-14(15)17)19-10-13-9-12-5-1-3-7-16(12)23-13/h1-8,13,15H,9-11H2,(H2,19,20,21)/t13-,15-/m0/s1. The highest BCUT2D eigenvalue weighted by molar-refractivity contribution is 5.74. The molecule has 0 aliphatic carbocycles. The first kappa shape index (κ1) is 13.9. The van der Waals surface area contributed by atoms with Gasteiger partial charge in [0.2, 0.25) is 0 Å². The molecule has 4 rings (SSSR count). The number of hydrogen-bond acceptors (Lipinski definition) is 3. The molecule has 0 bridgehead atoms. The van der Waals surface area contributed by atoms with Gasteiger partial charge in [-0.15, -0.1) is 0 Å². The highest BCUT2D eigenvalue weighted by Gasteiger charge is 2.26. The molecule has 2 N–H and O–H groups in total. The van der Waals surface area contributed by atoms with Gasteiger partial charge < -0.3 is 20.1 Å². The number of fused-ring (bicyclic) bond motifs is 2. The van der Waals surface area contributed by atoms with Crippen LogP contribution in [0.4, 0.5) is 4.79 Å². The molecule has 2 aliphatic heterocycles. The van der Waals surface area contributed by atoms with E-state index in [1.807, 2.05) is 42.5 Å². The van der Waals surface area contributed by atoms with Crippen LogP contribution in [-0.4, -0.2) is 25.3 Å². The van der Waals surface area contributed by atoms with Gasteiger partial charge in [0.05, 0.1) is 12.6 Å². The maximum absolute atomic E-state index is 12.1. The van der Waals surface area contributed by atoms with E-state index >= 15 is 0 Å². The number of carbonyl (C=O) groups is 1. The number of para-hydroxylation sites is 2. The highest BCUT2D eigenvalue weighted by atomic mass is 16.5. The Morgan fingerprint density at radius 3 is 2.74 bits per heavy atom. The van der Waals surface area contributed by atoms with E-state index < -0.39 is 0 Å². The van der Waals surface area contributed by atoms with Crippen LogP contribution in [0.3, 0.4) is 0 Å². The first-order valence-electron chi connectivity index (χ1n) is 7.80. The van der Waals surface area contributed by atoms with Crippen LogP contribution < -0.4 is 20.1 Å². The predicted molar refractivity (Wildman–Crippen MR) is 85.8 cm³/mol. The van der Waals surface area contributed by atoms with Crippen molar-refractivity contribution in [2.24, 2.45) is 0 Å². The molecule has 0 aromatic heterocycles. The predicted octanol–water partition coefficient (Wildman–Crippen LogP) is 2.42. The Bertz CT molecular complexity index is 707. The number of urea groups is 1. The van der Waals surface area contributed by atoms with Crippen LogP contribution in [0.2, 0.25) is 0 Å². The topological polar surface area (TPSA) is 59.6 Å². The van der Waals surface area contributed by atoms with Crippen LogP contribution in [0, 0.1) is 0 Å². The molecule has 0 unspecified atom stereocenters. The van der Waals surface area contributed by atoms with Crippen LogP contribution in [0.1, 0.15) is 17.2 Å². The Balaban J connectivity index is 1.29. The maximum Gasteiger partial charge on any atom is 0.315 e. The van der Waals surface area contributed by atoms with Gasteiger partial charge in [0.25, 0.3) is 0 Å². The van der Waals surface area contributed by atoms with Crippen molar-refractivity contribution < 1.29 is 14.3 Å². The lowest BCUT2D eigenvalue weighted by molar-refractivity contribution is 0.210. The maximum atomic E-state index is 12.1. The summed E-state index contributed by atoms with van der Waals surface area (Å²) >= 11 is 0. The molecule has 2 atom stereocenters. The average Bonchev–Trinajstić information content (AvgIpc) is 3.17. The number of hydrogen-bond donors (Lipinski definition) is 2. The minimum absolute atomic E-state index is 0.00901. The summed E-state index contributed by atoms with van der Waals surface area (Å²) in [6.45, 7) is 0.952. The molecule has 0 saturated carbocycles. The number of benzene rings is 2. The molecule has 2 amide bonds. The third kappa shape index (κ3) is 2.82. The third-order valence-electron chi connectivity index (χ3n) is 4.21. The second-order valence-electron chi connectivity index (χ2n) is 5.81. The van der Waals surface area contributed by atoms with Crippen LogP contribution in [-0.2, 0) is 6.42 Å². The van der Waals surface area contributed by atoms with Crippen molar-refractivity contribution in [3.05, 3.63) is 59.7 Å². The molecule has 2 heterocycles. The summed E-state index contributed by atoms with van der Waals surface area (Å²) in [4.78, 5) is 12.1. The molecule has 0 radical (unpaired) electrons. The van der Waals surface area contributed by atoms with E-state index in [0.29, 0.717) is 13.2 Å². The van der Waals surface area contributed by atoms with Crippen molar-refractivity contribution >= 4 is 6.03 Å². The van der Waals surface area contributed by atoms with Crippen molar-refractivity contribution in [1.82, 2.24) is 10.6 Å². The summed E-state index contributed by atoms with van der Waals surface area (Å²) < 4.78 is 11.4. The fourth-order valence-corrected chi connectivity index (χ4v) is 3.07. The fourth-order valence-electron chi connectivity index (χ4n) is 3.07. The number of carbonyl (C=O) groups excluding carboxylic acids is 1. The second-order valence-corrected chi connectivity index (χ2v) is 5.81. The fraction of sp³-hybridized carbons (Fsp3) is 0.278. The number of nitrogens with one attached hydrogen (secondary N) is 2. The van der Waals surface area contributed by atoms with Crippen LogP contribution in [0.5, 0.6) is 11.5 Å². The summed E-state index contributed by atoms with van der Waals surface area (Å²) in [7, 11) is 0. The van der Waals surface area contributed by atoms with Crippen molar-refractivity contribution in [1.29, 1.82) is 0 Å². The molecule has 2 aromatic rings. The van der Waals surface area contributed by atoms with E-state index in [0.717, 1.165) is 23.5 Å². The van der Waals surface area contributed by atoms with Crippen molar-refractivity contribution in [2.75, 3.05) is 13.2 Å². The largest absolute Gasteiger partial charge is 0.491 e. The number of rotatable bonds is 3. The molecular formula is C18H18N2O3. The molecule has 2 aliphatic rings. The lowest BCUT2D eigenvalue weighted by Crippen LogP contribution is -2.42. The van der Waals surface area contributed by atoms with Crippen molar-refractivity contribution in [3.8, 4) is 11.5 Å². The molecule has 2 aromatic carbocycles. The van der Waals surface area contributed by atoms with E-state index in [4.69, 9.17) is 9.47 Å². The second kappa shape index (κ2) is 5.83. The Hall–Kier alpha value is -2.69. The van der Waals surface area contributed by atoms with Crippen LogP contribution >= 0.6 is 0 Å². The summed E-state index contributed by atoms with van der Waals surface area (Å²) in [6.07, 6.45) is 0.816. The van der Waals surface area contributed by atoms with Crippen molar-refractivity contribution in [2.45, 2.75) is 18.6 Å². The van der Waals surface area contributed by atoms with Gasteiger partial charge in [-0.25, -0.2) is 4.79 Å². The Labute approximate surface area is 134 Å².